The molecule has 0 aliphatic rings. The smallest absolute Gasteiger partial charge is 0.274 e. The number of benzene rings is 1. The molecule has 0 unspecified atom stereocenters. The van der Waals surface area contributed by atoms with Crippen LogP contribution < -0.4 is 10.1 Å². The number of unbranched alkanes of at least 4 members (excludes halogenated alkanes) is 1. The third-order valence-electron chi connectivity index (χ3n) is 3.44. The molecule has 0 fully saturated rings. The number of nitrogens with one attached hydrogen (secondary N) is 1. The van der Waals surface area contributed by atoms with E-state index in [-0.39, 0.29) is 5.91 Å². The average Bonchev–Trinajstić information content (AvgIpc) is 2.60. The van der Waals surface area contributed by atoms with Crippen LogP contribution in [0.5, 0.6) is 5.75 Å². The predicted molar refractivity (Wildman–Crippen MR) is 90.2 cm³/mol. The van der Waals surface area contributed by atoms with Gasteiger partial charge in [-0.05, 0) is 42.8 Å². The number of hydrogen-bond acceptors (Lipinski definition) is 5. The Balaban J connectivity index is 1.99. The molecule has 1 amide bonds. The molecular weight excluding hydrogens is 292 g/mol. The summed E-state index contributed by atoms with van der Waals surface area (Å²) in [6, 6.07) is 10.9. The van der Waals surface area contributed by atoms with Gasteiger partial charge in [-0.15, -0.1) is 10.2 Å². The minimum atomic E-state index is -0.109. The molecule has 1 aromatic heterocycles. The standard InChI is InChI=1S/C17H22N4O2/c1-4-5-12-21(2)17(22)15-10-11-16(20-19-15)18-13-6-8-14(23-3)9-7-13/h6-11H,4-5,12H2,1-3H3,(H,18,20). The van der Waals surface area contributed by atoms with Gasteiger partial charge in [0, 0.05) is 19.3 Å². The van der Waals surface area contributed by atoms with Gasteiger partial charge in [0.05, 0.1) is 7.11 Å². The minimum absolute atomic E-state index is 0.109. The first-order chi connectivity index (χ1) is 11.1. The van der Waals surface area contributed by atoms with Crippen LogP contribution in [0.3, 0.4) is 0 Å². The largest absolute Gasteiger partial charge is 0.497 e. The highest BCUT2D eigenvalue weighted by atomic mass is 16.5. The maximum Gasteiger partial charge on any atom is 0.274 e. The molecule has 6 heteroatoms. The van der Waals surface area contributed by atoms with Gasteiger partial charge in [-0.1, -0.05) is 13.3 Å². The zero-order chi connectivity index (χ0) is 16.7. The van der Waals surface area contributed by atoms with Crippen LogP contribution in [0, 0.1) is 0 Å². The molecule has 0 atom stereocenters. The zero-order valence-corrected chi connectivity index (χ0v) is 13.7. The summed E-state index contributed by atoms with van der Waals surface area (Å²) in [5.41, 5.74) is 1.23. The number of nitrogens with zero attached hydrogens (tertiary/aromatic N) is 3. The Morgan fingerprint density at radius 3 is 2.48 bits per heavy atom. The minimum Gasteiger partial charge on any atom is -0.497 e. The molecule has 1 heterocycles. The fourth-order valence-electron chi connectivity index (χ4n) is 2.03. The Morgan fingerprint density at radius 2 is 1.91 bits per heavy atom. The lowest BCUT2D eigenvalue weighted by atomic mass is 10.3. The quantitative estimate of drug-likeness (QED) is 0.850. The number of carbonyl (C=O) groups is 1. The van der Waals surface area contributed by atoms with Crippen molar-refractivity contribution in [1.29, 1.82) is 0 Å². The van der Waals surface area contributed by atoms with E-state index in [4.69, 9.17) is 4.74 Å². The van der Waals surface area contributed by atoms with Gasteiger partial charge in [-0.2, -0.15) is 0 Å². The van der Waals surface area contributed by atoms with Crippen LogP contribution in [0.2, 0.25) is 0 Å². The summed E-state index contributed by atoms with van der Waals surface area (Å²) in [4.78, 5) is 13.9. The lowest BCUT2D eigenvalue weighted by Gasteiger charge is -2.15. The van der Waals surface area contributed by atoms with Gasteiger partial charge in [0.2, 0.25) is 0 Å². The van der Waals surface area contributed by atoms with Crippen LogP contribution >= 0.6 is 0 Å². The van der Waals surface area contributed by atoms with Gasteiger partial charge in [0.15, 0.2) is 11.5 Å². The number of aromatic nitrogens is 2. The first-order valence-electron chi connectivity index (χ1n) is 7.64. The van der Waals surface area contributed by atoms with Gasteiger partial charge in [0.25, 0.3) is 5.91 Å². The van der Waals surface area contributed by atoms with E-state index < -0.39 is 0 Å². The number of rotatable bonds is 7. The molecule has 0 saturated heterocycles. The number of amides is 1. The first-order valence-corrected chi connectivity index (χ1v) is 7.64. The van der Waals surface area contributed by atoms with E-state index in [2.05, 4.69) is 22.4 Å². The maximum atomic E-state index is 12.2. The fraction of sp³-hybridized carbons (Fsp3) is 0.353. The molecule has 1 aromatic carbocycles. The van der Waals surface area contributed by atoms with Crippen LogP contribution in [0.15, 0.2) is 36.4 Å². The summed E-state index contributed by atoms with van der Waals surface area (Å²) < 4.78 is 5.11. The number of anilines is 2. The Labute approximate surface area is 136 Å². The summed E-state index contributed by atoms with van der Waals surface area (Å²) in [5.74, 6) is 1.27. The second kappa shape index (κ2) is 8.12. The highest BCUT2D eigenvalue weighted by Gasteiger charge is 2.13. The molecule has 6 nitrogen and oxygen atoms in total. The molecule has 0 spiro atoms. The lowest BCUT2D eigenvalue weighted by Crippen LogP contribution is -2.28. The van der Waals surface area contributed by atoms with Gasteiger partial charge >= 0.3 is 0 Å². The lowest BCUT2D eigenvalue weighted by molar-refractivity contribution is 0.0786. The van der Waals surface area contributed by atoms with Gasteiger partial charge in [-0.3, -0.25) is 4.79 Å². The second-order valence-electron chi connectivity index (χ2n) is 5.24. The van der Waals surface area contributed by atoms with Gasteiger partial charge < -0.3 is 15.0 Å². The summed E-state index contributed by atoms with van der Waals surface area (Å²) in [6.07, 6.45) is 2.03. The summed E-state index contributed by atoms with van der Waals surface area (Å²) >= 11 is 0. The monoisotopic (exact) mass is 314 g/mol. The summed E-state index contributed by atoms with van der Waals surface area (Å²) in [6.45, 7) is 2.82. The Kier molecular flexibility index (Phi) is 5.91. The van der Waals surface area contributed by atoms with E-state index in [1.807, 2.05) is 24.3 Å². The van der Waals surface area contributed by atoms with Crippen molar-refractivity contribution in [2.24, 2.45) is 0 Å². The van der Waals surface area contributed by atoms with E-state index in [1.165, 1.54) is 0 Å². The van der Waals surface area contributed by atoms with E-state index in [0.717, 1.165) is 30.8 Å². The van der Waals surface area contributed by atoms with Crippen LogP contribution in [0.1, 0.15) is 30.3 Å². The Bertz CT molecular complexity index is 626. The van der Waals surface area contributed by atoms with Crippen molar-refractivity contribution in [1.82, 2.24) is 15.1 Å². The van der Waals surface area contributed by atoms with Crippen molar-refractivity contribution in [2.75, 3.05) is 26.0 Å². The van der Waals surface area contributed by atoms with Gasteiger partial charge in [-0.25, -0.2) is 0 Å². The second-order valence-corrected chi connectivity index (χ2v) is 5.24. The number of carbonyl (C=O) groups excluding carboxylic acids is 1. The molecule has 23 heavy (non-hydrogen) atoms. The molecule has 2 rings (SSSR count). The van der Waals surface area contributed by atoms with Crippen molar-refractivity contribution in [3.8, 4) is 5.75 Å². The van der Waals surface area contributed by atoms with Crippen LogP contribution in [-0.4, -0.2) is 41.7 Å². The fourth-order valence-corrected chi connectivity index (χ4v) is 2.03. The normalized spacial score (nSPS) is 10.2. The topological polar surface area (TPSA) is 67.4 Å². The number of methoxy groups -OCH3 is 1. The molecule has 0 saturated carbocycles. The van der Waals surface area contributed by atoms with Crippen LogP contribution in [0.4, 0.5) is 11.5 Å². The summed E-state index contributed by atoms with van der Waals surface area (Å²) in [5, 5.41) is 11.2. The average molecular weight is 314 g/mol. The Hall–Kier alpha value is -2.63. The highest BCUT2D eigenvalue weighted by molar-refractivity contribution is 5.92. The molecule has 122 valence electrons. The maximum absolute atomic E-state index is 12.2. The molecule has 0 radical (unpaired) electrons. The Morgan fingerprint density at radius 1 is 1.17 bits per heavy atom. The number of hydrogen-bond donors (Lipinski definition) is 1. The summed E-state index contributed by atoms with van der Waals surface area (Å²) in [7, 11) is 3.41. The van der Waals surface area contributed by atoms with Crippen molar-refractivity contribution >= 4 is 17.4 Å². The highest BCUT2D eigenvalue weighted by Crippen LogP contribution is 2.18. The van der Waals surface area contributed by atoms with Crippen molar-refractivity contribution < 1.29 is 9.53 Å². The van der Waals surface area contributed by atoms with E-state index in [0.29, 0.717) is 11.5 Å². The SMILES string of the molecule is CCCCN(C)C(=O)c1ccc(Nc2ccc(OC)cc2)nn1. The van der Waals surface area contributed by atoms with Crippen LogP contribution in [0.25, 0.3) is 0 Å². The molecule has 0 aliphatic heterocycles. The first kappa shape index (κ1) is 16.7. The van der Waals surface area contributed by atoms with Gasteiger partial charge in [0.1, 0.15) is 5.75 Å². The van der Waals surface area contributed by atoms with Crippen molar-refractivity contribution in [2.45, 2.75) is 19.8 Å². The van der Waals surface area contributed by atoms with E-state index in [1.54, 1.807) is 31.2 Å². The number of ether oxygens (including phenoxy) is 1. The third kappa shape index (κ3) is 4.67. The van der Waals surface area contributed by atoms with E-state index >= 15 is 0 Å². The molecule has 2 aromatic rings. The zero-order valence-electron chi connectivity index (χ0n) is 13.7. The molecule has 1 N–H and O–H groups in total. The van der Waals surface area contributed by atoms with Crippen molar-refractivity contribution in [3.63, 3.8) is 0 Å². The van der Waals surface area contributed by atoms with Crippen molar-refractivity contribution in [3.05, 3.63) is 42.1 Å². The molecule has 0 bridgehead atoms. The van der Waals surface area contributed by atoms with Crippen LogP contribution in [-0.2, 0) is 0 Å². The molecular formula is C17H22N4O2. The molecule has 0 aliphatic carbocycles. The van der Waals surface area contributed by atoms with E-state index in [9.17, 15) is 4.79 Å². The third-order valence-corrected chi connectivity index (χ3v) is 3.44. The predicted octanol–water partition coefficient (Wildman–Crippen LogP) is 3.10.